The van der Waals surface area contributed by atoms with E-state index in [4.69, 9.17) is 5.73 Å². The van der Waals surface area contributed by atoms with E-state index in [1.54, 1.807) is 0 Å². The molecule has 1 saturated carbocycles. The van der Waals surface area contributed by atoms with Crippen LogP contribution in [0.2, 0.25) is 0 Å². The fourth-order valence-electron chi connectivity index (χ4n) is 4.26. The number of hydrogen-bond acceptors (Lipinski definition) is 5. The van der Waals surface area contributed by atoms with Gasteiger partial charge in [-0.25, -0.2) is 4.98 Å². The molecular weight excluding hydrogens is 286 g/mol. The summed E-state index contributed by atoms with van der Waals surface area (Å²) in [5.74, 6) is 2.05. The predicted octanol–water partition coefficient (Wildman–Crippen LogP) is 1.99. The Hall–Kier alpha value is -2.14. The number of anilines is 2. The summed E-state index contributed by atoms with van der Waals surface area (Å²) in [6.07, 6.45) is 4.44. The van der Waals surface area contributed by atoms with E-state index in [0.29, 0.717) is 5.95 Å². The van der Waals surface area contributed by atoms with Gasteiger partial charge in [0, 0.05) is 24.2 Å². The minimum absolute atomic E-state index is 0.195. The number of rotatable bonds is 2. The number of hydrogen-bond donors (Lipinski definition) is 3. The highest BCUT2D eigenvalue weighted by Crippen LogP contribution is 2.49. The molecule has 0 spiro atoms. The molecule has 0 bridgehead atoms. The van der Waals surface area contributed by atoms with Crippen molar-refractivity contribution in [2.75, 3.05) is 24.1 Å². The molecule has 1 unspecified atom stereocenters. The summed E-state index contributed by atoms with van der Waals surface area (Å²) in [6, 6.07) is 8.54. The topological polar surface area (TPSA) is 75.9 Å². The minimum atomic E-state index is 0.195. The maximum absolute atomic E-state index is 6.04. The van der Waals surface area contributed by atoms with Gasteiger partial charge in [-0.1, -0.05) is 24.3 Å². The van der Waals surface area contributed by atoms with Crippen molar-refractivity contribution in [2.24, 2.45) is 5.92 Å². The standard InChI is InChI=1S/C18H21N5/c19-17-21-15-13-6-2-1-4-11(13)5-3-7-14(15)16(22-17)23-18-8-12(18)9-20-10-18/h1-2,4,6,12,20H,3,5,7-10H2,(H3,19,21,22,23)/t12?,18-/m0/s1. The molecule has 1 aromatic carbocycles. The Kier molecular flexibility index (Phi) is 2.71. The normalized spacial score (nSPS) is 27.6. The van der Waals surface area contributed by atoms with Crippen LogP contribution in [0.25, 0.3) is 11.3 Å². The molecule has 5 heteroatoms. The van der Waals surface area contributed by atoms with Crippen molar-refractivity contribution < 1.29 is 0 Å². The van der Waals surface area contributed by atoms with Crippen LogP contribution in [0.4, 0.5) is 11.8 Å². The molecule has 5 rings (SSSR count). The van der Waals surface area contributed by atoms with E-state index in [0.717, 1.165) is 49.8 Å². The van der Waals surface area contributed by atoms with Gasteiger partial charge in [-0.2, -0.15) is 4.98 Å². The fourth-order valence-corrected chi connectivity index (χ4v) is 4.26. The van der Waals surface area contributed by atoms with Gasteiger partial charge in [0.1, 0.15) is 5.82 Å². The van der Waals surface area contributed by atoms with E-state index in [2.05, 4.69) is 44.9 Å². The number of benzene rings is 1. The van der Waals surface area contributed by atoms with Crippen LogP contribution in [0, 0.1) is 5.92 Å². The van der Waals surface area contributed by atoms with Crippen molar-refractivity contribution >= 4 is 11.8 Å². The van der Waals surface area contributed by atoms with Crippen LogP contribution in [0.5, 0.6) is 0 Å². The third-order valence-corrected chi connectivity index (χ3v) is 5.60. The predicted molar refractivity (Wildman–Crippen MR) is 91.2 cm³/mol. The van der Waals surface area contributed by atoms with Crippen molar-refractivity contribution in [3.8, 4) is 11.3 Å². The molecule has 2 aliphatic carbocycles. The SMILES string of the molecule is Nc1nc(N[C@@]23CNCC2C3)c2c(n1)-c1ccccc1CCC2. The molecule has 118 valence electrons. The van der Waals surface area contributed by atoms with Crippen LogP contribution in [0.15, 0.2) is 24.3 Å². The molecule has 0 radical (unpaired) electrons. The van der Waals surface area contributed by atoms with Gasteiger partial charge >= 0.3 is 0 Å². The van der Waals surface area contributed by atoms with Gasteiger partial charge in [0.05, 0.1) is 11.2 Å². The van der Waals surface area contributed by atoms with Gasteiger partial charge in [0.2, 0.25) is 5.95 Å². The molecule has 3 aliphatic rings. The van der Waals surface area contributed by atoms with Crippen LogP contribution < -0.4 is 16.4 Å². The highest BCUT2D eigenvalue weighted by molar-refractivity contribution is 5.74. The lowest BCUT2D eigenvalue weighted by Crippen LogP contribution is -2.30. The molecule has 5 nitrogen and oxygen atoms in total. The van der Waals surface area contributed by atoms with Crippen molar-refractivity contribution in [1.82, 2.24) is 15.3 Å². The summed E-state index contributed by atoms with van der Waals surface area (Å²) >= 11 is 0. The number of fused-ring (bicyclic) bond motifs is 4. The van der Waals surface area contributed by atoms with Gasteiger partial charge in [-0.05, 0) is 37.2 Å². The molecule has 23 heavy (non-hydrogen) atoms. The zero-order chi connectivity index (χ0) is 15.4. The Labute approximate surface area is 135 Å². The zero-order valence-electron chi connectivity index (χ0n) is 13.1. The van der Waals surface area contributed by atoms with Gasteiger partial charge in [-0.15, -0.1) is 0 Å². The monoisotopic (exact) mass is 307 g/mol. The average Bonchev–Trinajstić information content (AvgIpc) is 3.15. The van der Waals surface area contributed by atoms with Gasteiger partial charge < -0.3 is 16.4 Å². The largest absolute Gasteiger partial charge is 0.368 e. The van der Waals surface area contributed by atoms with E-state index in [1.165, 1.54) is 23.1 Å². The average molecular weight is 307 g/mol. The Bertz CT molecular complexity index is 787. The fraction of sp³-hybridized carbons (Fsp3) is 0.444. The van der Waals surface area contributed by atoms with Crippen LogP contribution in [-0.4, -0.2) is 28.6 Å². The molecule has 1 aromatic heterocycles. The molecule has 2 aromatic rings. The first kappa shape index (κ1) is 13.3. The quantitative estimate of drug-likeness (QED) is 0.791. The summed E-state index contributed by atoms with van der Waals surface area (Å²) in [5, 5.41) is 7.19. The maximum Gasteiger partial charge on any atom is 0.222 e. The van der Waals surface area contributed by atoms with E-state index in [1.807, 2.05) is 0 Å². The van der Waals surface area contributed by atoms with E-state index in [9.17, 15) is 0 Å². The van der Waals surface area contributed by atoms with Crippen molar-refractivity contribution in [3.05, 3.63) is 35.4 Å². The van der Waals surface area contributed by atoms with Crippen molar-refractivity contribution in [2.45, 2.75) is 31.2 Å². The number of aromatic nitrogens is 2. The van der Waals surface area contributed by atoms with Gasteiger partial charge in [0.15, 0.2) is 0 Å². The van der Waals surface area contributed by atoms with Crippen molar-refractivity contribution in [1.29, 1.82) is 0 Å². The van der Waals surface area contributed by atoms with Crippen LogP contribution in [0.3, 0.4) is 0 Å². The molecular formula is C18H21N5. The molecule has 2 atom stereocenters. The Morgan fingerprint density at radius 1 is 1.22 bits per heavy atom. The second-order valence-corrected chi connectivity index (χ2v) is 7.08. The maximum atomic E-state index is 6.04. The van der Waals surface area contributed by atoms with E-state index in [-0.39, 0.29) is 5.54 Å². The number of nitrogens with one attached hydrogen (secondary N) is 2. The van der Waals surface area contributed by atoms with Gasteiger partial charge in [-0.3, -0.25) is 0 Å². The first-order valence-corrected chi connectivity index (χ1v) is 8.49. The van der Waals surface area contributed by atoms with Crippen molar-refractivity contribution in [3.63, 3.8) is 0 Å². The molecule has 1 aliphatic heterocycles. The number of nitrogens with two attached hydrogens (primary N) is 1. The Morgan fingerprint density at radius 2 is 2.13 bits per heavy atom. The molecule has 0 amide bonds. The number of nitrogens with zero attached hydrogens (tertiary/aromatic N) is 2. The first-order valence-electron chi connectivity index (χ1n) is 8.49. The lowest BCUT2D eigenvalue weighted by molar-refractivity contribution is 0.695. The van der Waals surface area contributed by atoms with Crippen LogP contribution in [0.1, 0.15) is 24.0 Å². The number of piperidine rings is 1. The third-order valence-electron chi connectivity index (χ3n) is 5.60. The lowest BCUT2D eigenvalue weighted by atomic mass is 10.0. The van der Waals surface area contributed by atoms with E-state index < -0.39 is 0 Å². The summed E-state index contributed by atoms with van der Waals surface area (Å²) in [7, 11) is 0. The summed E-state index contributed by atoms with van der Waals surface area (Å²) in [4.78, 5) is 9.16. The summed E-state index contributed by atoms with van der Waals surface area (Å²) in [5.41, 5.74) is 11.1. The summed E-state index contributed by atoms with van der Waals surface area (Å²) < 4.78 is 0. The first-order chi connectivity index (χ1) is 11.3. The Balaban J connectivity index is 1.63. The molecule has 2 fully saturated rings. The third kappa shape index (κ3) is 2.03. The van der Waals surface area contributed by atoms with Crippen LogP contribution in [-0.2, 0) is 12.8 Å². The van der Waals surface area contributed by atoms with Crippen LogP contribution >= 0.6 is 0 Å². The minimum Gasteiger partial charge on any atom is -0.368 e. The lowest BCUT2D eigenvalue weighted by Gasteiger charge is -2.20. The second kappa shape index (κ2) is 4.68. The molecule has 2 heterocycles. The smallest absolute Gasteiger partial charge is 0.222 e. The zero-order valence-corrected chi connectivity index (χ0v) is 13.1. The van der Waals surface area contributed by atoms with Gasteiger partial charge in [0.25, 0.3) is 0 Å². The molecule has 4 N–H and O–H groups in total. The highest BCUT2D eigenvalue weighted by atomic mass is 15.2. The van der Waals surface area contributed by atoms with E-state index >= 15 is 0 Å². The number of nitrogen functional groups attached to an aromatic ring is 1. The summed E-state index contributed by atoms with van der Waals surface area (Å²) in [6.45, 7) is 2.13. The highest BCUT2D eigenvalue weighted by Gasteiger charge is 2.57. The Morgan fingerprint density at radius 3 is 2.96 bits per heavy atom. The molecule has 1 saturated heterocycles. The second-order valence-electron chi connectivity index (χ2n) is 7.08. The number of aryl methyl sites for hydroxylation is 1.